The molecule has 0 fully saturated rings. The van der Waals surface area contributed by atoms with Crippen LogP contribution in [0.5, 0.6) is 5.75 Å². The van der Waals surface area contributed by atoms with Gasteiger partial charge >= 0.3 is 6.61 Å². The molecule has 1 aromatic carbocycles. The number of likely N-dealkylation sites (N-methyl/N-ethyl adjacent to an activating group) is 1. The second-order valence-electron chi connectivity index (χ2n) is 4.96. The van der Waals surface area contributed by atoms with Gasteiger partial charge in [-0.05, 0) is 39.1 Å². The van der Waals surface area contributed by atoms with Gasteiger partial charge in [-0.15, -0.1) is 0 Å². The van der Waals surface area contributed by atoms with E-state index in [1.807, 2.05) is 18.7 Å². The number of aliphatic hydroxyl groups excluding tert-OH is 1. The van der Waals surface area contributed by atoms with Crippen molar-refractivity contribution in [3.8, 4) is 5.75 Å². The van der Waals surface area contributed by atoms with Crippen molar-refractivity contribution >= 4 is 11.6 Å². The zero-order chi connectivity index (χ0) is 14.6. The van der Waals surface area contributed by atoms with Gasteiger partial charge in [-0.1, -0.05) is 11.6 Å². The predicted octanol–water partition coefficient (Wildman–Crippen LogP) is 3.14. The number of nitrogens with zero attached hydrogens (tertiary/aromatic N) is 1. The minimum absolute atomic E-state index is 0.0465. The number of alkyl halides is 2. The van der Waals surface area contributed by atoms with Gasteiger partial charge < -0.3 is 9.84 Å². The van der Waals surface area contributed by atoms with Crippen LogP contribution < -0.4 is 4.74 Å². The number of rotatable bonds is 6. The molecular weight excluding hydrogens is 276 g/mol. The summed E-state index contributed by atoms with van der Waals surface area (Å²) in [6.45, 7) is 1.12. The fourth-order valence-corrected chi connectivity index (χ4v) is 1.67. The van der Waals surface area contributed by atoms with Crippen molar-refractivity contribution in [2.24, 2.45) is 0 Å². The zero-order valence-electron chi connectivity index (χ0n) is 11.2. The number of halogens is 3. The Morgan fingerprint density at radius 1 is 1.42 bits per heavy atom. The van der Waals surface area contributed by atoms with Crippen LogP contribution >= 0.6 is 11.6 Å². The molecule has 0 heterocycles. The number of benzene rings is 1. The molecule has 3 nitrogen and oxygen atoms in total. The van der Waals surface area contributed by atoms with Gasteiger partial charge in [0.25, 0.3) is 0 Å². The van der Waals surface area contributed by atoms with Crippen LogP contribution in [0.3, 0.4) is 0 Å². The molecule has 0 radical (unpaired) electrons. The van der Waals surface area contributed by atoms with Crippen LogP contribution in [0.2, 0.25) is 5.02 Å². The Bertz CT molecular complexity index is 427. The van der Waals surface area contributed by atoms with Gasteiger partial charge in [-0.2, -0.15) is 8.78 Å². The molecule has 108 valence electrons. The lowest BCUT2D eigenvalue weighted by Crippen LogP contribution is -2.43. The van der Waals surface area contributed by atoms with E-state index >= 15 is 0 Å². The van der Waals surface area contributed by atoms with Crippen molar-refractivity contribution in [1.82, 2.24) is 4.90 Å². The molecule has 0 bridgehead atoms. The molecule has 0 saturated carbocycles. The van der Waals surface area contributed by atoms with Crippen LogP contribution in [0.25, 0.3) is 0 Å². The largest absolute Gasteiger partial charge is 0.434 e. The van der Waals surface area contributed by atoms with Gasteiger partial charge in [-0.3, -0.25) is 4.90 Å². The van der Waals surface area contributed by atoms with E-state index in [9.17, 15) is 13.9 Å². The molecule has 1 aromatic rings. The first-order chi connectivity index (χ1) is 8.76. The predicted molar refractivity (Wildman–Crippen MR) is 70.7 cm³/mol. The van der Waals surface area contributed by atoms with Gasteiger partial charge in [-0.25, -0.2) is 0 Å². The molecule has 19 heavy (non-hydrogen) atoms. The van der Waals surface area contributed by atoms with Crippen molar-refractivity contribution in [2.75, 3.05) is 13.7 Å². The first-order valence-corrected chi connectivity index (χ1v) is 6.19. The Labute approximate surface area is 116 Å². The molecule has 0 unspecified atom stereocenters. The molecule has 6 heteroatoms. The average Bonchev–Trinajstić information content (AvgIpc) is 2.32. The lowest BCUT2D eigenvalue weighted by molar-refractivity contribution is -0.0510. The SMILES string of the molecule is CN(Cc1cc(Cl)ccc1OC(F)F)C(C)(C)CO. The molecule has 0 saturated heterocycles. The molecule has 0 atom stereocenters. The number of hydrogen-bond acceptors (Lipinski definition) is 3. The maximum atomic E-state index is 12.3. The van der Waals surface area contributed by atoms with Crippen molar-refractivity contribution in [1.29, 1.82) is 0 Å². The summed E-state index contributed by atoms with van der Waals surface area (Å²) in [5, 5.41) is 9.74. The second-order valence-corrected chi connectivity index (χ2v) is 5.39. The van der Waals surface area contributed by atoms with E-state index in [1.165, 1.54) is 12.1 Å². The fourth-order valence-electron chi connectivity index (χ4n) is 1.47. The van der Waals surface area contributed by atoms with Gasteiger partial charge in [0.1, 0.15) is 5.75 Å². The van der Waals surface area contributed by atoms with Crippen LogP contribution in [0.4, 0.5) is 8.78 Å². The highest BCUT2D eigenvalue weighted by Gasteiger charge is 2.23. The summed E-state index contributed by atoms with van der Waals surface area (Å²) in [6.07, 6.45) is 0. The smallest absolute Gasteiger partial charge is 0.387 e. The number of ether oxygens (including phenoxy) is 1. The summed E-state index contributed by atoms with van der Waals surface area (Å²) in [7, 11) is 1.79. The van der Waals surface area contributed by atoms with E-state index in [0.717, 1.165) is 0 Å². The summed E-state index contributed by atoms with van der Waals surface area (Å²) < 4.78 is 29.1. The minimum Gasteiger partial charge on any atom is -0.434 e. The molecule has 0 spiro atoms. The Morgan fingerprint density at radius 2 is 2.05 bits per heavy atom. The van der Waals surface area contributed by atoms with E-state index in [4.69, 9.17) is 11.6 Å². The topological polar surface area (TPSA) is 32.7 Å². The van der Waals surface area contributed by atoms with Crippen molar-refractivity contribution in [2.45, 2.75) is 32.5 Å². The standard InChI is InChI=1S/C13H18ClF2NO2/c1-13(2,8-18)17(3)7-9-6-10(14)4-5-11(9)19-12(15)16/h4-6,12,18H,7-8H2,1-3H3. The Morgan fingerprint density at radius 3 is 2.58 bits per heavy atom. The van der Waals surface area contributed by atoms with E-state index in [-0.39, 0.29) is 12.4 Å². The molecule has 0 aliphatic carbocycles. The molecule has 0 amide bonds. The molecule has 1 N–H and O–H groups in total. The van der Waals surface area contributed by atoms with Crippen LogP contribution in [-0.2, 0) is 6.54 Å². The Balaban J connectivity index is 2.95. The minimum atomic E-state index is -2.88. The molecule has 0 aliphatic rings. The number of hydrogen-bond donors (Lipinski definition) is 1. The zero-order valence-corrected chi connectivity index (χ0v) is 11.9. The normalized spacial score (nSPS) is 12.3. The van der Waals surface area contributed by atoms with Crippen molar-refractivity contribution in [3.63, 3.8) is 0 Å². The van der Waals surface area contributed by atoms with E-state index in [0.29, 0.717) is 17.1 Å². The highest BCUT2D eigenvalue weighted by atomic mass is 35.5. The maximum Gasteiger partial charge on any atom is 0.387 e. The fraction of sp³-hybridized carbons (Fsp3) is 0.538. The lowest BCUT2D eigenvalue weighted by atomic mass is 10.0. The third-order valence-electron chi connectivity index (χ3n) is 3.07. The Hall–Kier alpha value is -0.910. The third-order valence-corrected chi connectivity index (χ3v) is 3.30. The van der Waals surface area contributed by atoms with Crippen LogP contribution in [0, 0.1) is 0 Å². The first-order valence-electron chi connectivity index (χ1n) is 5.81. The van der Waals surface area contributed by atoms with Gasteiger partial charge in [0.2, 0.25) is 0 Å². The summed E-state index contributed by atoms with van der Waals surface area (Å²) in [5.41, 5.74) is 0.0848. The van der Waals surface area contributed by atoms with Crippen LogP contribution in [-0.4, -0.2) is 35.8 Å². The molecule has 0 aromatic heterocycles. The first kappa shape index (κ1) is 16.1. The van der Waals surface area contributed by atoms with Crippen molar-refractivity contribution in [3.05, 3.63) is 28.8 Å². The highest BCUT2D eigenvalue weighted by Crippen LogP contribution is 2.27. The summed E-state index contributed by atoms with van der Waals surface area (Å²) in [5.74, 6) is 0.0972. The molecular formula is C13H18ClF2NO2. The van der Waals surface area contributed by atoms with E-state index in [1.54, 1.807) is 13.1 Å². The van der Waals surface area contributed by atoms with E-state index in [2.05, 4.69) is 4.74 Å². The summed E-state index contributed by atoms with van der Waals surface area (Å²) in [6, 6.07) is 4.51. The van der Waals surface area contributed by atoms with Gasteiger partial charge in [0.15, 0.2) is 0 Å². The summed E-state index contributed by atoms with van der Waals surface area (Å²) >= 11 is 5.87. The number of aliphatic hydroxyl groups is 1. The maximum absolute atomic E-state index is 12.3. The van der Waals surface area contributed by atoms with Crippen LogP contribution in [0.1, 0.15) is 19.4 Å². The van der Waals surface area contributed by atoms with Gasteiger partial charge in [0, 0.05) is 22.7 Å². The van der Waals surface area contributed by atoms with Gasteiger partial charge in [0.05, 0.1) is 6.61 Å². The quantitative estimate of drug-likeness (QED) is 0.874. The molecule has 0 aliphatic heterocycles. The summed E-state index contributed by atoms with van der Waals surface area (Å²) in [4.78, 5) is 1.84. The van der Waals surface area contributed by atoms with E-state index < -0.39 is 12.2 Å². The van der Waals surface area contributed by atoms with Crippen LogP contribution in [0.15, 0.2) is 18.2 Å². The average molecular weight is 294 g/mol. The third kappa shape index (κ3) is 4.60. The Kier molecular flexibility index (Phi) is 5.52. The monoisotopic (exact) mass is 293 g/mol. The second kappa shape index (κ2) is 6.50. The van der Waals surface area contributed by atoms with Crippen molar-refractivity contribution < 1.29 is 18.6 Å². The molecule has 1 rings (SSSR count). The highest BCUT2D eigenvalue weighted by molar-refractivity contribution is 6.30. The lowest BCUT2D eigenvalue weighted by Gasteiger charge is -2.34.